The van der Waals surface area contributed by atoms with Crippen LogP contribution in [0, 0.1) is 13.8 Å². The highest BCUT2D eigenvalue weighted by atomic mass is 16.5. The minimum absolute atomic E-state index is 0.0738. The zero-order valence-electron chi connectivity index (χ0n) is 13.9. The maximum atomic E-state index is 12.1. The lowest BCUT2D eigenvalue weighted by Gasteiger charge is -2.11. The molecule has 0 saturated carbocycles. The van der Waals surface area contributed by atoms with E-state index >= 15 is 0 Å². The number of rotatable bonds is 7. The summed E-state index contributed by atoms with van der Waals surface area (Å²) in [6, 6.07) is 9.67. The van der Waals surface area contributed by atoms with Gasteiger partial charge in [-0.3, -0.25) is 4.79 Å². The number of carboxylic acids is 1. The summed E-state index contributed by atoms with van der Waals surface area (Å²) in [4.78, 5) is 23.0. The molecule has 0 aliphatic heterocycles. The van der Waals surface area contributed by atoms with Gasteiger partial charge in [0.15, 0.2) is 6.10 Å². The van der Waals surface area contributed by atoms with Gasteiger partial charge in [0.1, 0.15) is 0 Å². The average Bonchev–Trinajstić information content (AvgIpc) is 2.84. The van der Waals surface area contributed by atoms with Crippen LogP contribution in [-0.2, 0) is 20.7 Å². The third kappa shape index (κ3) is 3.99. The van der Waals surface area contributed by atoms with Gasteiger partial charge in [-0.2, -0.15) is 5.10 Å². The van der Waals surface area contributed by atoms with Crippen molar-refractivity contribution < 1.29 is 19.4 Å². The van der Waals surface area contributed by atoms with Crippen LogP contribution >= 0.6 is 0 Å². The van der Waals surface area contributed by atoms with Gasteiger partial charge in [0.2, 0.25) is 5.91 Å². The van der Waals surface area contributed by atoms with Crippen molar-refractivity contribution in [1.82, 2.24) is 15.1 Å². The molecule has 2 rings (SSSR count). The van der Waals surface area contributed by atoms with Crippen molar-refractivity contribution in [2.75, 3.05) is 13.7 Å². The standard InChI is InChI=1S/C17H21N3O4/c1-11-14(9-16(21)18-10-15(24-3)17(22)23)12(2)20(19-11)13-7-5-4-6-8-13/h4-8,15H,9-10H2,1-3H3,(H,18,21)(H,22,23). The first-order valence-electron chi connectivity index (χ1n) is 7.56. The van der Waals surface area contributed by atoms with E-state index in [1.807, 2.05) is 44.2 Å². The summed E-state index contributed by atoms with van der Waals surface area (Å²) in [5.74, 6) is -1.38. The Hall–Kier alpha value is -2.67. The molecule has 0 aliphatic carbocycles. The molecule has 7 heteroatoms. The number of aliphatic carboxylic acids is 1. The fraction of sp³-hybridized carbons (Fsp3) is 0.353. The number of carbonyl (C=O) groups is 2. The number of ether oxygens (including phenoxy) is 1. The predicted octanol–water partition coefficient (Wildman–Crippen LogP) is 1.25. The first kappa shape index (κ1) is 17.7. The van der Waals surface area contributed by atoms with Gasteiger partial charge >= 0.3 is 5.97 Å². The third-order valence-corrected chi connectivity index (χ3v) is 3.82. The zero-order valence-corrected chi connectivity index (χ0v) is 13.9. The lowest BCUT2D eigenvalue weighted by Crippen LogP contribution is -2.38. The van der Waals surface area contributed by atoms with E-state index in [9.17, 15) is 9.59 Å². The first-order chi connectivity index (χ1) is 11.4. The number of nitrogens with one attached hydrogen (secondary N) is 1. The van der Waals surface area contributed by atoms with Crippen molar-refractivity contribution in [3.63, 3.8) is 0 Å². The molecule has 1 heterocycles. The van der Waals surface area contributed by atoms with E-state index in [0.717, 1.165) is 22.6 Å². The Bertz CT molecular complexity index is 725. The smallest absolute Gasteiger partial charge is 0.334 e. The highest BCUT2D eigenvalue weighted by Gasteiger charge is 2.19. The monoisotopic (exact) mass is 331 g/mol. The van der Waals surface area contributed by atoms with E-state index in [1.54, 1.807) is 4.68 Å². The first-order valence-corrected chi connectivity index (χ1v) is 7.56. The maximum Gasteiger partial charge on any atom is 0.334 e. The molecule has 0 spiro atoms. The molecule has 128 valence electrons. The Morgan fingerprint density at radius 3 is 2.54 bits per heavy atom. The molecule has 7 nitrogen and oxygen atoms in total. The lowest BCUT2D eigenvalue weighted by atomic mass is 10.1. The zero-order chi connectivity index (χ0) is 17.7. The van der Waals surface area contributed by atoms with Crippen LogP contribution in [0.5, 0.6) is 0 Å². The van der Waals surface area contributed by atoms with Crippen molar-refractivity contribution in [3.05, 3.63) is 47.3 Å². The van der Waals surface area contributed by atoms with Crippen molar-refractivity contribution in [2.24, 2.45) is 0 Å². The van der Waals surface area contributed by atoms with E-state index in [4.69, 9.17) is 9.84 Å². The Morgan fingerprint density at radius 2 is 1.96 bits per heavy atom. The SMILES string of the molecule is COC(CNC(=O)Cc1c(C)nn(-c2ccccc2)c1C)C(=O)O. The molecule has 0 aliphatic rings. The molecule has 0 bridgehead atoms. The number of aryl methyl sites for hydroxylation is 1. The van der Waals surface area contributed by atoms with E-state index in [1.165, 1.54) is 7.11 Å². The molecule has 1 aromatic carbocycles. The third-order valence-electron chi connectivity index (χ3n) is 3.82. The fourth-order valence-corrected chi connectivity index (χ4v) is 2.45. The number of methoxy groups -OCH3 is 1. The molecule has 2 aromatic rings. The molecule has 24 heavy (non-hydrogen) atoms. The number of para-hydroxylation sites is 1. The van der Waals surface area contributed by atoms with Crippen molar-refractivity contribution >= 4 is 11.9 Å². The van der Waals surface area contributed by atoms with Gasteiger partial charge in [-0.15, -0.1) is 0 Å². The van der Waals surface area contributed by atoms with Crippen LogP contribution in [0.2, 0.25) is 0 Å². The van der Waals surface area contributed by atoms with E-state index < -0.39 is 12.1 Å². The quantitative estimate of drug-likeness (QED) is 0.796. The summed E-state index contributed by atoms with van der Waals surface area (Å²) in [5.41, 5.74) is 3.42. The normalized spacial score (nSPS) is 12.0. The molecular formula is C17H21N3O4. The maximum absolute atomic E-state index is 12.1. The van der Waals surface area contributed by atoms with Crippen molar-refractivity contribution in [2.45, 2.75) is 26.4 Å². The molecule has 2 N–H and O–H groups in total. The minimum Gasteiger partial charge on any atom is -0.479 e. The predicted molar refractivity (Wildman–Crippen MR) is 88.2 cm³/mol. The van der Waals surface area contributed by atoms with Gasteiger partial charge < -0.3 is 15.2 Å². The van der Waals surface area contributed by atoms with Crippen LogP contribution in [0.3, 0.4) is 0 Å². The number of aromatic nitrogens is 2. The largest absolute Gasteiger partial charge is 0.479 e. The van der Waals surface area contributed by atoms with Gasteiger partial charge in [0.05, 0.1) is 24.3 Å². The summed E-state index contributed by atoms with van der Waals surface area (Å²) < 4.78 is 6.59. The molecule has 1 atom stereocenters. The van der Waals surface area contributed by atoms with Crippen molar-refractivity contribution in [3.8, 4) is 5.69 Å². The molecule has 1 amide bonds. The van der Waals surface area contributed by atoms with Crippen LogP contribution in [0.15, 0.2) is 30.3 Å². The Kier molecular flexibility index (Phi) is 5.70. The highest BCUT2D eigenvalue weighted by Crippen LogP contribution is 2.18. The van der Waals surface area contributed by atoms with Crippen LogP contribution in [0.25, 0.3) is 5.69 Å². The Labute approximate surface area is 140 Å². The van der Waals surface area contributed by atoms with Gasteiger partial charge in [0, 0.05) is 18.4 Å². The number of carboxylic acid groups (broad SMARTS) is 1. The fourth-order valence-electron chi connectivity index (χ4n) is 2.45. The summed E-state index contributed by atoms with van der Waals surface area (Å²) in [7, 11) is 1.29. The number of carbonyl (C=O) groups excluding carboxylic acids is 1. The van der Waals surface area contributed by atoms with Gasteiger partial charge in [0.25, 0.3) is 0 Å². The van der Waals surface area contributed by atoms with E-state index in [0.29, 0.717) is 0 Å². The van der Waals surface area contributed by atoms with E-state index in [-0.39, 0.29) is 18.9 Å². The van der Waals surface area contributed by atoms with Gasteiger partial charge in [-0.25, -0.2) is 9.48 Å². The van der Waals surface area contributed by atoms with Crippen LogP contribution < -0.4 is 5.32 Å². The number of amides is 1. The minimum atomic E-state index is -1.11. The summed E-state index contributed by atoms with van der Waals surface area (Å²) in [6.45, 7) is 3.69. The van der Waals surface area contributed by atoms with Crippen LogP contribution in [0.1, 0.15) is 17.0 Å². The number of hydrogen-bond acceptors (Lipinski definition) is 4. The Morgan fingerprint density at radius 1 is 1.29 bits per heavy atom. The number of nitrogens with zero attached hydrogens (tertiary/aromatic N) is 2. The highest BCUT2D eigenvalue weighted by molar-refractivity contribution is 5.80. The molecule has 1 aromatic heterocycles. The van der Waals surface area contributed by atoms with Crippen LogP contribution in [0.4, 0.5) is 0 Å². The second-order valence-electron chi connectivity index (χ2n) is 5.44. The Balaban J connectivity index is 2.09. The molecular weight excluding hydrogens is 310 g/mol. The molecule has 0 radical (unpaired) electrons. The van der Waals surface area contributed by atoms with Gasteiger partial charge in [-0.1, -0.05) is 18.2 Å². The second-order valence-corrected chi connectivity index (χ2v) is 5.44. The second kappa shape index (κ2) is 7.74. The molecule has 0 fully saturated rings. The number of hydrogen-bond donors (Lipinski definition) is 2. The van der Waals surface area contributed by atoms with Crippen molar-refractivity contribution in [1.29, 1.82) is 0 Å². The molecule has 1 unspecified atom stereocenters. The molecule has 0 saturated heterocycles. The summed E-state index contributed by atoms with van der Waals surface area (Å²) >= 11 is 0. The van der Waals surface area contributed by atoms with Gasteiger partial charge in [-0.05, 0) is 26.0 Å². The number of benzene rings is 1. The summed E-state index contributed by atoms with van der Waals surface area (Å²) in [5, 5.41) is 16.0. The van der Waals surface area contributed by atoms with E-state index in [2.05, 4.69) is 10.4 Å². The van der Waals surface area contributed by atoms with Crippen LogP contribution in [-0.4, -0.2) is 46.5 Å². The lowest BCUT2D eigenvalue weighted by molar-refractivity contribution is -0.148. The summed E-state index contributed by atoms with van der Waals surface area (Å²) in [6.07, 6.45) is -0.913. The topological polar surface area (TPSA) is 93.5 Å². The average molecular weight is 331 g/mol.